The number of methoxy groups -OCH3 is 2. The highest BCUT2D eigenvalue weighted by atomic mass is 16.5. The SMILES string of the molecule is COc1cccc(/C=C(\C#N)C(=O)C(C)C)c1OC. The van der Waals surface area contributed by atoms with Crippen LogP contribution in [0.4, 0.5) is 0 Å². The Bertz CT molecular complexity index is 539. The van der Waals surface area contributed by atoms with E-state index in [2.05, 4.69) is 0 Å². The zero-order valence-electron chi connectivity index (χ0n) is 11.6. The molecule has 1 rings (SSSR count). The normalized spacial score (nSPS) is 11.1. The molecule has 0 aliphatic heterocycles. The van der Waals surface area contributed by atoms with Crippen LogP contribution in [0.5, 0.6) is 11.5 Å². The third-order valence-electron chi connectivity index (χ3n) is 2.64. The number of nitriles is 1. The first kappa shape index (κ1) is 14.8. The van der Waals surface area contributed by atoms with Crippen LogP contribution in [0, 0.1) is 17.2 Å². The van der Waals surface area contributed by atoms with Gasteiger partial charge in [0.2, 0.25) is 0 Å². The Morgan fingerprint density at radius 3 is 2.47 bits per heavy atom. The van der Waals surface area contributed by atoms with Gasteiger partial charge in [-0.25, -0.2) is 0 Å². The molecule has 0 N–H and O–H groups in total. The predicted octanol–water partition coefficient (Wildman–Crippen LogP) is 2.84. The summed E-state index contributed by atoms with van der Waals surface area (Å²) >= 11 is 0. The van der Waals surface area contributed by atoms with E-state index in [1.54, 1.807) is 32.0 Å². The number of rotatable bonds is 5. The van der Waals surface area contributed by atoms with Crippen molar-refractivity contribution < 1.29 is 14.3 Å². The fraction of sp³-hybridized carbons (Fsp3) is 0.333. The second-order valence-electron chi connectivity index (χ2n) is 4.27. The van der Waals surface area contributed by atoms with E-state index in [-0.39, 0.29) is 17.3 Å². The highest BCUT2D eigenvalue weighted by Crippen LogP contribution is 2.32. The van der Waals surface area contributed by atoms with Gasteiger partial charge in [-0.05, 0) is 12.1 Å². The number of ketones is 1. The van der Waals surface area contributed by atoms with Gasteiger partial charge in [-0.2, -0.15) is 5.26 Å². The van der Waals surface area contributed by atoms with Crippen molar-refractivity contribution in [1.29, 1.82) is 5.26 Å². The third-order valence-corrected chi connectivity index (χ3v) is 2.64. The highest BCUT2D eigenvalue weighted by molar-refractivity contribution is 6.04. The number of hydrogen-bond acceptors (Lipinski definition) is 4. The molecular formula is C15H17NO3. The molecule has 0 amide bonds. The Morgan fingerprint density at radius 2 is 2.00 bits per heavy atom. The molecule has 0 unspecified atom stereocenters. The van der Waals surface area contributed by atoms with Gasteiger partial charge in [0.05, 0.1) is 19.8 Å². The number of ether oxygens (including phenoxy) is 2. The standard InChI is InChI=1S/C15H17NO3/c1-10(2)14(17)12(9-16)8-11-6-5-7-13(18-3)15(11)19-4/h5-8,10H,1-4H3/b12-8+. The molecule has 4 nitrogen and oxygen atoms in total. The zero-order chi connectivity index (χ0) is 14.4. The summed E-state index contributed by atoms with van der Waals surface area (Å²) in [6.07, 6.45) is 1.53. The van der Waals surface area contributed by atoms with Crippen molar-refractivity contribution in [3.63, 3.8) is 0 Å². The summed E-state index contributed by atoms with van der Waals surface area (Å²) in [6.45, 7) is 3.52. The lowest BCUT2D eigenvalue weighted by Gasteiger charge is -2.10. The molecule has 19 heavy (non-hydrogen) atoms. The number of carbonyl (C=O) groups excluding carboxylic acids is 1. The molecular weight excluding hydrogens is 242 g/mol. The lowest BCUT2D eigenvalue weighted by Crippen LogP contribution is -2.09. The van der Waals surface area contributed by atoms with Crippen LogP contribution in [0.15, 0.2) is 23.8 Å². The summed E-state index contributed by atoms with van der Waals surface area (Å²) in [5.41, 5.74) is 0.758. The molecule has 0 aliphatic carbocycles. The van der Waals surface area contributed by atoms with Crippen molar-refractivity contribution in [3.05, 3.63) is 29.3 Å². The van der Waals surface area contributed by atoms with E-state index in [9.17, 15) is 4.79 Å². The second kappa shape index (κ2) is 6.60. The molecule has 0 radical (unpaired) electrons. The molecule has 0 spiro atoms. The first-order chi connectivity index (χ1) is 9.04. The molecule has 1 aromatic rings. The molecule has 0 atom stereocenters. The number of Topliss-reactive ketones (excluding diaryl/α,β-unsaturated/α-hetero) is 1. The van der Waals surface area contributed by atoms with Crippen molar-refractivity contribution in [2.75, 3.05) is 14.2 Å². The van der Waals surface area contributed by atoms with Crippen LogP contribution in [0.3, 0.4) is 0 Å². The van der Waals surface area contributed by atoms with Crippen LogP contribution >= 0.6 is 0 Å². The quantitative estimate of drug-likeness (QED) is 0.602. The molecule has 100 valence electrons. The maximum absolute atomic E-state index is 11.9. The minimum Gasteiger partial charge on any atom is -0.493 e. The first-order valence-electron chi connectivity index (χ1n) is 5.92. The monoisotopic (exact) mass is 259 g/mol. The summed E-state index contributed by atoms with van der Waals surface area (Å²) in [4.78, 5) is 11.9. The molecule has 1 aromatic carbocycles. The van der Waals surface area contributed by atoms with Gasteiger partial charge in [-0.1, -0.05) is 26.0 Å². The van der Waals surface area contributed by atoms with Crippen LogP contribution in [0.25, 0.3) is 6.08 Å². The molecule has 0 saturated heterocycles. The number of para-hydroxylation sites is 1. The molecule has 0 aromatic heterocycles. The highest BCUT2D eigenvalue weighted by Gasteiger charge is 2.15. The van der Waals surface area contributed by atoms with E-state index in [4.69, 9.17) is 14.7 Å². The van der Waals surface area contributed by atoms with Gasteiger partial charge in [-0.3, -0.25) is 4.79 Å². The van der Waals surface area contributed by atoms with Gasteiger partial charge < -0.3 is 9.47 Å². The van der Waals surface area contributed by atoms with Gasteiger partial charge in [0.25, 0.3) is 0 Å². The molecule has 0 aliphatic rings. The Kier molecular flexibility index (Phi) is 5.13. The van der Waals surface area contributed by atoms with Crippen LogP contribution in [0.2, 0.25) is 0 Å². The summed E-state index contributed by atoms with van der Waals surface area (Å²) in [7, 11) is 3.06. The number of nitrogens with zero attached hydrogens (tertiary/aromatic N) is 1. The number of benzene rings is 1. The van der Waals surface area contributed by atoms with E-state index >= 15 is 0 Å². The second-order valence-corrected chi connectivity index (χ2v) is 4.27. The summed E-state index contributed by atoms with van der Waals surface area (Å²) in [5.74, 6) is 0.662. The van der Waals surface area contributed by atoms with Crippen molar-refractivity contribution in [3.8, 4) is 17.6 Å². The Balaban J connectivity index is 3.31. The van der Waals surface area contributed by atoms with Gasteiger partial charge in [0.15, 0.2) is 17.3 Å². The van der Waals surface area contributed by atoms with Gasteiger partial charge in [0, 0.05) is 11.5 Å². The van der Waals surface area contributed by atoms with Gasteiger partial charge in [0.1, 0.15) is 6.07 Å². The van der Waals surface area contributed by atoms with Crippen LogP contribution in [-0.4, -0.2) is 20.0 Å². The maximum atomic E-state index is 11.9. The van der Waals surface area contributed by atoms with E-state index < -0.39 is 0 Å². The summed E-state index contributed by atoms with van der Waals surface area (Å²) < 4.78 is 10.4. The number of hydrogen-bond donors (Lipinski definition) is 0. The van der Waals surface area contributed by atoms with Gasteiger partial charge in [-0.15, -0.1) is 0 Å². The van der Waals surface area contributed by atoms with E-state index in [1.165, 1.54) is 20.3 Å². The van der Waals surface area contributed by atoms with Crippen molar-refractivity contribution in [1.82, 2.24) is 0 Å². The van der Waals surface area contributed by atoms with Gasteiger partial charge >= 0.3 is 0 Å². The van der Waals surface area contributed by atoms with Crippen LogP contribution in [0.1, 0.15) is 19.4 Å². The van der Waals surface area contributed by atoms with Crippen LogP contribution < -0.4 is 9.47 Å². The minimum atomic E-state index is -0.220. The lowest BCUT2D eigenvalue weighted by molar-refractivity contribution is -0.117. The van der Waals surface area contributed by atoms with Crippen molar-refractivity contribution >= 4 is 11.9 Å². The zero-order valence-corrected chi connectivity index (χ0v) is 11.6. The van der Waals surface area contributed by atoms with Crippen LogP contribution in [-0.2, 0) is 4.79 Å². The molecule has 4 heteroatoms. The Labute approximate surface area is 113 Å². The Morgan fingerprint density at radius 1 is 1.32 bits per heavy atom. The third kappa shape index (κ3) is 3.35. The van der Waals surface area contributed by atoms with Crippen molar-refractivity contribution in [2.45, 2.75) is 13.8 Å². The average Bonchev–Trinajstić information content (AvgIpc) is 2.43. The fourth-order valence-electron chi connectivity index (χ4n) is 1.65. The van der Waals surface area contributed by atoms with E-state index in [1.807, 2.05) is 6.07 Å². The summed E-state index contributed by atoms with van der Waals surface area (Å²) in [6, 6.07) is 7.24. The predicted molar refractivity (Wildman–Crippen MR) is 73.0 cm³/mol. The molecule has 0 saturated carbocycles. The fourth-order valence-corrected chi connectivity index (χ4v) is 1.65. The summed E-state index contributed by atoms with van der Waals surface area (Å²) in [5, 5.41) is 9.09. The largest absolute Gasteiger partial charge is 0.493 e. The minimum absolute atomic E-state index is 0.113. The number of allylic oxidation sites excluding steroid dienone is 1. The first-order valence-corrected chi connectivity index (χ1v) is 5.92. The van der Waals surface area contributed by atoms with Crippen molar-refractivity contribution in [2.24, 2.45) is 5.92 Å². The van der Waals surface area contributed by atoms with E-state index in [0.29, 0.717) is 17.1 Å². The average molecular weight is 259 g/mol. The smallest absolute Gasteiger partial charge is 0.175 e. The van der Waals surface area contributed by atoms with E-state index in [0.717, 1.165) is 0 Å². The topological polar surface area (TPSA) is 59.3 Å². The molecule has 0 bridgehead atoms. The molecule has 0 heterocycles. The number of carbonyl (C=O) groups is 1. The maximum Gasteiger partial charge on any atom is 0.175 e. The lowest BCUT2D eigenvalue weighted by atomic mass is 9.99. The Hall–Kier alpha value is -2.28. The molecule has 0 fully saturated rings.